The summed E-state index contributed by atoms with van der Waals surface area (Å²) in [5, 5.41) is 7.09. The van der Waals surface area contributed by atoms with Crippen LogP contribution >= 0.6 is 0 Å². The Bertz CT molecular complexity index is 1300. The Labute approximate surface area is 172 Å². The molecule has 0 atom stereocenters. The van der Waals surface area contributed by atoms with E-state index in [1.54, 1.807) is 23.0 Å². The van der Waals surface area contributed by atoms with Gasteiger partial charge in [-0.15, -0.1) is 0 Å². The number of amides is 1. The number of para-hydroxylation sites is 1. The first-order valence-corrected chi connectivity index (χ1v) is 9.66. The molecule has 0 bridgehead atoms. The molecule has 0 unspecified atom stereocenters. The van der Waals surface area contributed by atoms with Crippen LogP contribution in [0.1, 0.15) is 12.5 Å². The Morgan fingerprint density at radius 2 is 1.63 bits per heavy atom. The number of rotatable bonds is 6. The standard InChI is InChI=1S/C22H21N5O3/c1-2-25-14-18-20(24-25)21(29)27(13-16-9-5-3-6-10-16)22(30)26(18)15-19(28)23-17-11-7-4-8-12-17/h3-12,14H,2,13,15H2,1H3,(H,23,28). The molecule has 2 aromatic carbocycles. The molecule has 0 fully saturated rings. The molecule has 0 saturated heterocycles. The Kier molecular flexibility index (Phi) is 5.30. The zero-order valence-corrected chi connectivity index (χ0v) is 16.5. The maximum Gasteiger partial charge on any atom is 0.332 e. The molecule has 0 spiro atoms. The highest BCUT2D eigenvalue weighted by Gasteiger charge is 2.18. The molecule has 0 saturated carbocycles. The lowest BCUT2D eigenvalue weighted by atomic mass is 10.2. The van der Waals surface area contributed by atoms with Crippen LogP contribution in [-0.4, -0.2) is 24.8 Å². The van der Waals surface area contributed by atoms with Gasteiger partial charge in [-0.3, -0.25) is 23.4 Å². The Morgan fingerprint density at radius 3 is 2.30 bits per heavy atom. The fraction of sp³-hybridized carbons (Fsp3) is 0.182. The Balaban J connectivity index is 1.79. The number of anilines is 1. The van der Waals surface area contributed by atoms with Gasteiger partial charge in [-0.1, -0.05) is 48.5 Å². The van der Waals surface area contributed by atoms with Crippen LogP contribution in [-0.2, 0) is 24.4 Å². The molecule has 0 aliphatic carbocycles. The minimum atomic E-state index is -0.546. The van der Waals surface area contributed by atoms with Gasteiger partial charge < -0.3 is 5.32 Å². The largest absolute Gasteiger partial charge is 0.332 e. The van der Waals surface area contributed by atoms with E-state index in [1.165, 1.54) is 4.57 Å². The van der Waals surface area contributed by atoms with Crippen LogP contribution in [0.3, 0.4) is 0 Å². The number of benzene rings is 2. The number of carbonyl (C=O) groups excluding carboxylic acids is 1. The monoisotopic (exact) mass is 403 g/mol. The average molecular weight is 403 g/mol. The zero-order chi connectivity index (χ0) is 21.1. The number of hydrogen-bond acceptors (Lipinski definition) is 4. The van der Waals surface area contributed by atoms with E-state index in [0.29, 0.717) is 17.7 Å². The molecule has 4 aromatic rings. The molecular formula is C22H21N5O3. The minimum absolute atomic E-state index is 0.105. The molecule has 4 rings (SSSR count). The van der Waals surface area contributed by atoms with Crippen LogP contribution in [0.25, 0.3) is 11.0 Å². The Hall–Kier alpha value is -3.94. The van der Waals surface area contributed by atoms with E-state index in [9.17, 15) is 14.4 Å². The predicted molar refractivity (Wildman–Crippen MR) is 115 cm³/mol. The second-order valence-corrected chi connectivity index (χ2v) is 6.88. The quantitative estimate of drug-likeness (QED) is 0.534. The second kappa shape index (κ2) is 8.20. The summed E-state index contributed by atoms with van der Waals surface area (Å²) in [4.78, 5) is 38.8. The lowest BCUT2D eigenvalue weighted by Crippen LogP contribution is -2.41. The number of hydrogen-bond donors (Lipinski definition) is 1. The van der Waals surface area contributed by atoms with E-state index >= 15 is 0 Å². The summed E-state index contributed by atoms with van der Waals surface area (Å²) in [6, 6.07) is 18.2. The summed E-state index contributed by atoms with van der Waals surface area (Å²) < 4.78 is 4.02. The smallest absolute Gasteiger partial charge is 0.325 e. The SMILES string of the molecule is CCn1cc2c(n1)c(=O)n(Cc1ccccc1)c(=O)n2CC(=O)Nc1ccccc1. The van der Waals surface area contributed by atoms with E-state index in [-0.39, 0.29) is 24.5 Å². The summed E-state index contributed by atoms with van der Waals surface area (Å²) in [6.45, 7) is 2.30. The third-order valence-electron chi connectivity index (χ3n) is 4.81. The van der Waals surface area contributed by atoms with Crippen molar-refractivity contribution in [2.75, 3.05) is 5.32 Å². The van der Waals surface area contributed by atoms with Crippen molar-refractivity contribution in [2.24, 2.45) is 0 Å². The first-order chi connectivity index (χ1) is 14.6. The molecule has 2 heterocycles. The lowest BCUT2D eigenvalue weighted by molar-refractivity contribution is -0.116. The molecular weight excluding hydrogens is 382 g/mol. The number of aryl methyl sites for hydroxylation is 1. The summed E-state index contributed by atoms with van der Waals surface area (Å²) >= 11 is 0. The van der Waals surface area contributed by atoms with Gasteiger partial charge in [0.15, 0.2) is 5.52 Å². The fourth-order valence-electron chi connectivity index (χ4n) is 3.31. The number of nitrogens with one attached hydrogen (secondary N) is 1. The summed E-state index contributed by atoms with van der Waals surface area (Å²) in [7, 11) is 0. The van der Waals surface area contributed by atoms with Gasteiger partial charge in [0.2, 0.25) is 5.91 Å². The van der Waals surface area contributed by atoms with Crippen molar-refractivity contribution in [1.29, 1.82) is 0 Å². The van der Waals surface area contributed by atoms with Gasteiger partial charge in [0.25, 0.3) is 5.56 Å². The highest BCUT2D eigenvalue weighted by Crippen LogP contribution is 2.09. The number of carbonyl (C=O) groups is 1. The summed E-state index contributed by atoms with van der Waals surface area (Å²) in [5.41, 5.74) is 0.945. The van der Waals surface area contributed by atoms with Crippen molar-refractivity contribution >= 4 is 22.6 Å². The van der Waals surface area contributed by atoms with Gasteiger partial charge in [-0.2, -0.15) is 5.10 Å². The van der Waals surface area contributed by atoms with Crippen molar-refractivity contribution in [1.82, 2.24) is 18.9 Å². The predicted octanol–water partition coefficient (Wildman–Crippen LogP) is 2.07. The van der Waals surface area contributed by atoms with Gasteiger partial charge in [0, 0.05) is 18.4 Å². The number of fused-ring (bicyclic) bond motifs is 1. The molecule has 2 aromatic heterocycles. The lowest BCUT2D eigenvalue weighted by Gasteiger charge is -2.12. The van der Waals surface area contributed by atoms with Crippen LogP contribution in [0.15, 0.2) is 76.4 Å². The van der Waals surface area contributed by atoms with E-state index in [2.05, 4.69) is 10.4 Å². The molecule has 30 heavy (non-hydrogen) atoms. The molecule has 0 aliphatic heterocycles. The van der Waals surface area contributed by atoms with E-state index in [0.717, 1.165) is 10.1 Å². The van der Waals surface area contributed by atoms with Crippen molar-refractivity contribution in [3.05, 3.63) is 93.3 Å². The molecule has 0 aliphatic rings. The van der Waals surface area contributed by atoms with Crippen molar-refractivity contribution < 1.29 is 4.79 Å². The molecule has 8 heteroatoms. The van der Waals surface area contributed by atoms with Crippen LogP contribution in [0.2, 0.25) is 0 Å². The minimum Gasteiger partial charge on any atom is -0.325 e. The number of aromatic nitrogens is 4. The first kappa shape index (κ1) is 19.4. The topological polar surface area (TPSA) is 90.9 Å². The Morgan fingerprint density at radius 1 is 0.967 bits per heavy atom. The maximum absolute atomic E-state index is 13.2. The molecule has 1 N–H and O–H groups in total. The normalized spacial score (nSPS) is 11.0. The molecule has 0 radical (unpaired) electrons. The highest BCUT2D eigenvalue weighted by atomic mass is 16.2. The highest BCUT2D eigenvalue weighted by molar-refractivity contribution is 5.91. The van der Waals surface area contributed by atoms with E-state index in [1.807, 2.05) is 55.5 Å². The summed E-state index contributed by atoms with van der Waals surface area (Å²) in [6.07, 6.45) is 1.63. The zero-order valence-electron chi connectivity index (χ0n) is 16.5. The van der Waals surface area contributed by atoms with Crippen LogP contribution in [0.5, 0.6) is 0 Å². The molecule has 152 valence electrons. The third-order valence-corrected chi connectivity index (χ3v) is 4.81. The van der Waals surface area contributed by atoms with Gasteiger partial charge >= 0.3 is 5.69 Å². The van der Waals surface area contributed by atoms with Crippen molar-refractivity contribution in [3.8, 4) is 0 Å². The van der Waals surface area contributed by atoms with Gasteiger partial charge in [-0.25, -0.2) is 4.79 Å². The third kappa shape index (κ3) is 3.80. The first-order valence-electron chi connectivity index (χ1n) is 9.66. The molecule has 8 nitrogen and oxygen atoms in total. The fourth-order valence-corrected chi connectivity index (χ4v) is 3.31. The van der Waals surface area contributed by atoms with E-state index < -0.39 is 11.2 Å². The van der Waals surface area contributed by atoms with Gasteiger partial charge in [0.05, 0.1) is 12.1 Å². The summed E-state index contributed by atoms with van der Waals surface area (Å²) in [5.74, 6) is -0.362. The van der Waals surface area contributed by atoms with Crippen molar-refractivity contribution in [3.63, 3.8) is 0 Å². The van der Waals surface area contributed by atoms with Crippen LogP contribution in [0.4, 0.5) is 5.69 Å². The van der Waals surface area contributed by atoms with Gasteiger partial charge in [-0.05, 0) is 24.6 Å². The van der Waals surface area contributed by atoms with Crippen LogP contribution in [0, 0.1) is 0 Å². The second-order valence-electron chi connectivity index (χ2n) is 6.88. The average Bonchev–Trinajstić information content (AvgIpc) is 3.20. The van der Waals surface area contributed by atoms with Crippen molar-refractivity contribution in [2.45, 2.75) is 26.6 Å². The maximum atomic E-state index is 13.2. The van der Waals surface area contributed by atoms with Crippen LogP contribution < -0.4 is 16.6 Å². The molecule has 1 amide bonds. The van der Waals surface area contributed by atoms with Gasteiger partial charge in [0.1, 0.15) is 6.54 Å². The number of nitrogens with zero attached hydrogens (tertiary/aromatic N) is 4. The van der Waals surface area contributed by atoms with E-state index in [4.69, 9.17) is 0 Å².